The highest BCUT2D eigenvalue weighted by atomic mass is 32.1. The normalized spacial score (nSPS) is 10.7. The third-order valence-electron chi connectivity index (χ3n) is 4.18. The summed E-state index contributed by atoms with van der Waals surface area (Å²) in [5.74, 6) is -1.10. The van der Waals surface area contributed by atoms with Gasteiger partial charge in [-0.3, -0.25) is 4.79 Å². The SMILES string of the molecule is CCOC(=O)/C=C/c1ccc(NCC(=O)Nc2sc(C)c(C)c2C(=O)OCC)cc1. The van der Waals surface area contributed by atoms with Gasteiger partial charge in [-0.2, -0.15) is 0 Å². The molecule has 1 aromatic heterocycles. The van der Waals surface area contributed by atoms with Crippen LogP contribution in [0.15, 0.2) is 30.3 Å². The molecule has 0 aliphatic carbocycles. The summed E-state index contributed by atoms with van der Waals surface area (Å²) in [5, 5.41) is 6.32. The summed E-state index contributed by atoms with van der Waals surface area (Å²) < 4.78 is 9.94. The molecule has 2 aromatic rings. The standard InChI is InChI=1S/C22H26N2O5S/c1-5-28-19(26)12-9-16-7-10-17(11-8-16)23-13-18(25)24-21-20(22(27)29-6-2)14(3)15(4)30-21/h7-12,23H,5-6,13H2,1-4H3,(H,24,25)/b12-9+. The van der Waals surface area contributed by atoms with Crippen LogP contribution in [0.5, 0.6) is 0 Å². The van der Waals surface area contributed by atoms with Crippen molar-refractivity contribution in [3.63, 3.8) is 0 Å². The molecule has 2 rings (SSSR count). The molecule has 0 radical (unpaired) electrons. The van der Waals surface area contributed by atoms with E-state index in [0.717, 1.165) is 21.7 Å². The van der Waals surface area contributed by atoms with Crippen molar-refractivity contribution in [1.82, 2.24) is 0 Å². The van der Waals surface area contributed by atoms with E-state index in [1.165, 1.54) is 17.4 Å². The molecule has 0 spiro atoms. The van der Waals surface area contributed by atoms with Gasteiger partial charge in [0, 0.05) is 16.6 Å². The van der Waals surface area contributed by atoms with Crippen molar-refractivity contribution in [3.8, 4) is 0 Å². The molecule has 0 aliphatic heterocycles. The topological polar surface area (TPSA) is 93.7 Å². The van der Waals surface area contributed by atoms with Crippen LogP contribution in [0, 0.1) is 13.8 Å². The van der Waals surface area contributed by atoms with Crippen molar-refractivity contribution in [2.24, 2.45) is 0 Å². The molecule has 0 unspecified atom stereocenters. The first-order chi connectivity index (χ1) is 14.3. The Morgan fingerprint density at radius 3 is 2.33 bits per heavy atom. The van der Waals surface area contributed by atoms with E-state index in [0.29, 0.717) is 17.2 Å². The van der Waals surface area contributed by atoms with E-state index in [1.807, 2.05) is 38.1 Å². The van der Waals surface area contributed by atoms with Gasteiger partial charge >= 0.3 is 11.9 Å². The lowest BCUT2D eigenvalue weighted by atomic mass is 10.1. The average molecular weight is 431 g/mol. The van der Waals surface area contributed by atoms with Gasteiger partial charge in [-0.1, -0.05) is 12.1 Å². The van der Waals surface area contributed by atoms with Gasteiger partial charge in [0.2, 0.25) is 5.91 Å². The van der Waals surface area contributed by atoms with Crippen LogP contribution >= 0.6 is 11.3 Å². The first kappa shape index (κ1) is 23.2. The van der Waals surface area contributed by atoms with Crippen LogP contribution in [0.25, 0.3) is 6.08 Å². The first-order valence-corrected chi connectivity index (χ1v) is 10.4. The maximum absolute atomic E-state index is 12.4. The molecule has 0 bridgehead atoms. The van der Waals surface area contributed by atoms with Gasteiger partial charge in [0.25, 0.3) is 0 Å². The summed E-state index contributed by atoms with van der Waals surface area (Å²) in [6.07, 6.45) is 3.03. The molecule has 30 heavy (non-hydrogen) atoms. The molecule has 0 saturated carbocycles. The van der Waals surface area contributed by atoms with Crippen molar-refractivity contribution in [2.45, 2.75) is 27.7 Å². The van der Waals surface area contributed by atoms with Crippen LogP contribution < -0.4 is 10.6 Å². The Balaban J connectivity index is 1.95. The summed E-state index contributed by atoms with van der Waals surface area (Å²) in [5.41, 5.74) is 2.81. The van der Waals surface area contributed by atoms with Crippen LogP contribution in [0.1, 0.15) is 40.2 Å². The lowest BCUT2D eigenvalue weighted by molar-refractivity contribution is -0.137. The Hall–Kier alpha value is -3.13. The van der Waals surface area contributed by atoms with E-state index >= 15 is 0 Å². The number of carbonyl (C=O) groups excluding carboxylic acids is 3. The van der Waals surface area contributed by atoms with Crippen LogP contribution in [-0.4, -0.2) is 37.6 Å². The molecular weight excluding hydrogens is 404 g/mol. The molecule has 1 amide bonds. The smallest absolute Gasteiger partial charge is 0.341 e. The van der Waals surface area contributed by atoms with E-state index in [9.17, 15) is 14.4 Å². The number of rotatable bonds is 9. The minimum Gasteiger partial charge on any atom is -0.463 e. The number of amides is 1. The van der Waals surface area contributed by atoms with E-state index < -0.39 is 11.9 Å². The molecule has 0 atom stereocenters. The fourth-order valence-corrected chi connectivity index (χ4v) is 3.65. The van der Waals surface area contributed by atoms with E-state index in [1.54, 1.807) is 19.9 Å². The van der Waals surface area contributed by atoms with Crippen molar-refractivity contribution < 1.29 is 23.9 Å². The second-order valence-electron chi connectivity index (χ2n) is 6.32. The highest BCUT2D eigenvalue weighted by Crippen LogP contribution is 2.33. The number of hydrogen-bond donors (Lipinski definition) is 2. The van der Waals surface area contributed by atoms with Crippen LogP contribution in [0.2, 0.25) is 0 Å². The van der Waals surface area contributed by atoms with E-state index in [-0.39, 0.29) is 19.1 Å². The number of anilines is 2. The van der Waals surface area contributed by atoms with Gasteiger partial charge in [0.15, 0.2) is 0 Å². The Morgan fingerprint density at radius 1 is 1.03 bits per heavy atom. The van der Waals surface area contributed by atoms with Crippen molar-refractivity contribution in [3.05, 3.63) is 51.9 Å². The monoisotopic (exact) mass is 430 g/mol. The molecular formula is C22H26N2O5S. The number of hydrogen-bond acceptors (Lipinski definition) is 7. The number of esters is 2. The summed E-state index contributed by atoms with van der Waals surface area (Å²) in [7, 11) is 0. The second-order valence-corrected chi connectivity index (χ2v) is 7.54. The largest absolute Gasteiger partial charge is 0.463 e. The number of thiophene rings is 1. The Morgan fingerprint density at radius 2 is 1.70 bits per heavy atom. The van der Waals surface area contributed by atoms with Gasteiger partial charge < -0.3 is 20.1 Å². The minimum atomic E-state index is -0.436. The maximum Gasteiger partial charge on any atom is 0.341 e. The summed E-state index contributed by atoms with van der Waals surface area (Å²) >= 11 is 1.35. The zero-order valence-electron chi connectivity index (χ0n) is 17.5. The van der Waals surface area contributed by atoms with Gasteiger partial charge in [-0.15, -0.1) is 11.3 Å². The van der Waals surface area contributed by atoms with Gasteiger partial charge in [-0.05, 0) is 57.0 Å². The third kappa shape index (κ3) is 6.45. The van der Waals surface area contributed by atoms with Crippen LogP contribution in [-0.2, 0) is 19.1 Å². The molecule has 0 fully saturated rings. The van der Waals surface area contributed by atoms with Crippen molar-refractivity contribution in [2.75, 3.05) is 30.4 Å². The molecule has 7 nitrogen and oxygen atoms in total. The number of carbonyl (C=O) groups is 3. The van der Waals surface area contributed by atoms with Gasteiger partial charge in [0.05, 0.1) is 25.3 Å². The van der Waals surface area contributed by atoms with Crippen LogP contribution in [0.3, 0.4) is 0 Å². The van der Waals surface area contributed by atoms with Crippen molar-refractivity contribution >= 4 is 45.9 Å². The molecule has 160 valence electrons. The number of aryl methyl sites for hydroxylation is 1. The highest BCUT2D eigenvalue weighted by Gasteiger charge is 2.21. The van der Waals surface area contributed by atoms with Gasteiger partial charge in [-0.25, -0.2) is 9.59 Å². The number of nitrogens with one attached hydrogen (secondary N) is 2. The summed E-state index contributed by atoms with van der Waals surface area (Å²) in [4.78, 5) is 36.9. The Labute approximate surface area is 180 Å². The fraction of sp³-hybridized carbons (Fsp3) is 0.318. The van der Waals surface area contributed by atoms with Crippen LogP contribution in [0.4, 0.5) is 10.7 Å². The fourth-order valence-electron chi connectivity index (χ4n) is 2.58. The number of ether oxygens (including phenoxy) is 2. The predicted octanol–water partition coefficient (Wildman–Crippen LogP) is 4.17. The lowest BCUT2D eigenvalue weighted by Gasteiger charge is -2.09. The van der Waals surface area contributed by atoms with Crippen molar-refractivity contribution in [1.29, 1.82) is 0 Å². The molecule has 0 saturated heterocycles. The molecule has 8 heteroatoms. The number of benzene rings is 1. The maximum atomic E-state index is 12.4. The van der Waals surface area contributed by atoms with E-state index in [4.69, 9.17) is 9.47 Å². The minimum absolute atomic E-state index is 0.0380. The average Bonchev–Trinajstić information content (AvgIpc) is 2.99. The zero-order valence-corrected chi connectivity index (χ0v) is 18.4. The summed E-state index contributed by atoms with van der Waals surface area (Å²) in [6, 6.07) is 7.25. The molecule has 2 N–H and O–H groups in total. The second kappa shape index (κ2) is 11.2. The third-order valence-corrected chi connectivity index (χ3v) is 5.30. The lowest BCUT2D eigenvalue weighted by Crippen LogP contribution is -2.22. The molecule has 1 heterocycles. The summed E-state index contributed by atoms with van der Waals surface area (Å²) in [6.45, 7) is 7.87. The van der Waals surface area contributed by atoms with Gasteiger partial charge in [0.1, 0.15) is 5.00 Å². The first-order valence-electron chi connectivity index (χ1n) is 9.61. The highest BCUT2D eigenvalue weighted by molar-refractivity contribution is 7.16. The quantitative estimate of drug-likeness (QED) is 0.458. The molecule has 1 aromatic carbocycles. The molecule has 0 aliphatic rings. The van der Waals surface area contributed by atoms with E-state index in [2.05, 4.69) is 10.6 Å². The Bertz CT molecular complexity index is 932. The zero-order chi connectivity index (χ0) is 22.1. The Kier molecular flexibility index (Phi) is 8.61. The predicted molar refractivity (Wildman–Crippen MR) is 119 cm³/mol.